The molecule has 0 aliphatic heterocycles. The molecule has 2 aromatic rings. The van der Waals surface area contributed by atoms with Crippen LogP contribution < -0.4 is 10.6 Å². The largest absolute Gasteiger partial charge is 0.273 e. The van der Waals surface area contributed by atoms with Crippen molar-refractivity contribution in [2.45, 2.75) is 63.2 Å². The Balaban J connectivity index is 1.76. The summed E-state index contributed by atoms with van der Waals surface area (Å²) in [6, 6.07) is 19.2. The van der Waals surface area contributed by atoms with Crippen molar-refractivity contribution in [2.75, 3.05) is 11.5 Å². The van der Waals surface area contributed by atoms with Gasteiger partial charge in [0.2, 0.25) is 11.8 Å². The van der Waals surface area contributed by atoms with E-state index in [1.165, 1.54) is 0 Å². The molecule has 0 bridgehead atoms. The molecule has 0 heterocycles. The third-order valence-electron chi connectivity index (χ3n) is 6.59. The molecule has 2 atom stereocenters. The van der Waals surface area contributed by atoms with Crippen molar-refractivity contribution in [3.63, 3.8) is 0 Å². The zero-order valence-corrected chi connectivity index (χ0v) is 21.4. The summed E-state index contributed by atoms with van der Waals surface area (Å²) in [6.45, 7) is 3.79. The van der Waals surface area contributed by atoms with E-state index >= 15 is 0 Å². The second kappa shape index (κ2) is 14.2. The van der Waals surface area contributed by atoms with Crippen LogP contribution in [0.1, 0.15) is 63.5 Å². The number of nitrogens with one attached hydrogen (secondary N) is 2. The molecule has 0 fully saturated rings. The molecule has 2 N–H and O–H groups in total. The molecule has 6 nitrogen and oxygen atoms in total. The molecule has 0 saturated carbocycles. The van der Waals surface area contributed by atoms with Crippen LogP contribution in [0, 0.1) is 22.9 Å². The number of hydrogen-bond donors (Lipinski definition) is 2. The predicted molar refractivity (Wildman–Crippen MR) is 140 cm³/mol. The van der Waals surface area contributed by atoms with Crippen molar-refractivity contribution in [1.82, 2.24) is 10.6 Å². The maximum atomic E-state index is 12.6. The summed E-state index contributed by atoms with van der Waals surface area (Å²) in [5.41, 5.74) is 0.380. The maximum absolute atomic E-state index is 12.6. The first-order chi connectivity index (χ1) is 16.9. The van der Waals surface area contributed by atoms with Gasteiger partial charge in [0, 0.05) is 0 Å². The molecule has 0 aromatic heterocycles. The molecule has 2 unspecified atom stereocenters. The Morgan fingerprint density at radius 1 is 0.714 bits per heavy atom. The van der Waals surface area contributed by atoms with Crippen LogP contribution in [0.5, 0.6) is 0 Å². The number of unbranched alkanes of at least 4 members (excludes halogenated alkanes) is 2. The quantitative estimate of drug-likeness (QED) is 0.216. The van der Waals surface area contributed by atoms with E-state index in [1.807, 2.05) is 86.3 Å². The molecule has 35 heavy (non-hydrogen) atoms. The minimum atomic E-state index is -0.729. The Kier molecular flexibility index (Phi) is 11.3. The third kappa shape index (κ3) is 7.87. The third-order valence-corrected chi connectivity index (χ3v) is 7.75. The van der Waals surface area contributed by atoms with Crippen LogP contribution in [0.25, 0.3) is 0 Å². The molecule has 2 aromatic carbocycles. The molecule has 0 saturated heterocycles. The van der Waals surface area contributed by atoms with Gasteiger partial charge in [-0.05, 0) is 62.2 Å². The standard InChI is InChI=1S/C28H34N4O2S/c1-27(25(33)31-21-29,23-13-5-3-6-14-23)17-9-11-19-35-20-12-10-18-28(2,26(34)32-22-30)24-15-7-4-8-16-24/h3-8,13-16H,9-12,17-20H2,1-2H3,(H,31,33)(H,32,34). The topological polar surface area (TPSA) is 106 Å². The molecular formula is C28H34N4O2S. The summed E-state index contributed by atoms with van der Waals surface area (Å²) in [5.74, 6) is 1.46. The number of amides is 2. The van der Waals surface area contributed by atoms with E-state index in [0.717, 1.165) is 48.3 Å². The Morgan fingerprint density at radius 2 is 1.09 bits per heavy atom. The summed E-state index contributed by atoms with van der Waals surface area (Å²) in [4.78, 5) is 25.2. The normalized spacial score (nSPS) is 13.9. The van der Waals surface area contributed by atoms with Crippen LogP contribution >= 0.6 is 11.8 Å². The lowest BCUT2D eigenvalue weighted by Crippen LogP contribution is -2.40. The average molecular weight is 491 g/mol. The van der Waals surface area contributed by atoms with Gasteiger partial charge in [-0.15, -0.1) is 0 Å². The van der Waals surface area contributed by atoms with Crippen molar-refractivity contribution in [2.24, 2.45) is 0 Å². The van der Waals surface area contributed by atoms with Crippen LogP contribution in [0.2, 0.25) is 0 Å². The summed E-state index contributed by atoms with van der Waals surface area (Å²) in [6.07, 6.45) is 8.62. The number of nitriles is 2. The highest BCUT2D eigenvalue weighted by molar-refractivity contribution is 7.99. The van der Waals surface area contributed by atoms with Gasteiger partial charge in [0.15, 0.2) is 12.4 Å². The number of benzene rings is 2. The molecule has 0 aliphatic carbocycles. The van der Waals surface area contributed by atoms with E-state index < -0.39 is 10.8 Å². The number of hydrogen-bond acceptors (Lipinski definition) is 5. The van der Waals surface area contributed by atoms with Gasteiger partial charge < -0.3 is 0 Å². The van der Waals surface area contributed by atoms with E-state index in [-0.39, 0.29) is 11.8 Å². The lowest BCUT2D eigenvalue weighted by Gasteiger charge is -2.28. The molecule has 7 heteroatoms. The van der Waals surface area contributed by atoms with Crippen LogP contribution in [-0.2, 0) is 20.4 Å². The first kappa shape index (κ1) is 28.0. The second-order valence-corrected chi connectivity index (χ2v) is 10.3. The number of carbonyl (C=O) groups is 2. The first-order valence-corrected chi connectivity index (χ1v) is 13.1. The predicted octanol–water partition coefficient (Wildman–Crippen LogP) is 5.17. The molecular weight excluding hydrogens is 456 g/mol. The fraction of sp³-hybridized carbons (Fsp3) is 0.429. The summed E-state index contributed by atoms with van der Waals surface area (Å²) in [5, 5.41) is 22.4. The van der Waals surface area contributed by atoms with Crippen LogP contribution in [-0.4, -0.2) is 23.3 Å². The highest BCUT2D eigenvalue weighted by atomic mass is 32.2. The van der Waals surface area contributed by atoms with Crippen LogP contribution in [0.15, 0.2) is 60.7 Å². The molecule has 0 aliphatic rings. The fourth-order valence-corrected chi connectivity index (χ4v) is 5.26. The van der Waals surface area contributed by atoms with Gasteiger partial charge in [-0.2, -0.15) is 22.3 Å². The molecule has 184 valence electrons. The highest BCUT2D eigenvalue weighted by Gasteiger charge is 2.35. The Labute approximate surface area is 213 Å². The van der Waals surface area contributed by atoms with Gasteiger partial charge in [0.1, 0.15) is 0 Å². The van der Waals surface area contributed by atoms with Crippen LogP contribution in [0.4, 0.5) is 0 Å². The van der Waals surface area contributed by atoms with Crippen molar-refractivity contribution < 1.29 is 9.59 Å². The van der Waals surface area contributed by atoms with Gasteiger partial charge in [-0.3, -0.25) is 20.2 Å². The van der Waals surface area contributed by atoms with Gasteiger partial charge in [-0.1, -0.05) is 73.5 Å². The first-order valence-electron chi connectivity index (χ1n) is 12.0. The highest BCUT2D eigenvalue weighted by Crippen LogP contribution is 2.32. The van der Waals surface area contributed by atoms with Crippen molar-refractivity contribution in [1.29, 1.82) is 10.5 Å². The monoisotopic (exact) mass is 490 g/mol. The van der Waals surface area contributed by atoms with Gasteiger partial charge >= 0.3 is 0 Å². The maximum Gasteiger partial charge on any atom is 0.243 e. The molecule has 0 radical (unpaired) electrons. The average Bonchev–Trinajstić information content (AvgIpc) is 2.88. The van der Waals surface area contributed by atoms with E-state index in [0.29, 0.717) is 12.8 Å². The SMILES string of the molecule is CC(CCCCSCCCCC(C)(C(=O)NC#N)c1ccccc1)(C(=O)NC#N)c1ccccc1. The van der Waals surface area contributed by atoms with E-state index in [9.17, 15) is 9.59 Å². The molecule has 0 spiro atoms. The van der Waals surface area contributed by atoms with E-state index in [1.54, 1.807) is 12.4 Å². The zero-order chi connectivity index (χ0) is 25.6. The van der Waals surface area contributed by atoms with E-state index in [2.05, 4.69) is 10.6 Å². The number of rotatable bonds is 14. The lowest BCUT2D eigenvalue weighted by atomic mass is 9.77. The van der Waals surface area contributed by atoms with Gasteiger partial charge in [0.05, 0.1) is 10.8 Å². The van der Waals surface area contributed by atoms with E-state index in [4.69, 9.17) is 10.5 Å². The Bertz CT molecular complexity index is 949. The Morgan fingerprint density at radius 3 is 1.43 bits per heavy atom. The minimum absolute atomic E-state index is 0.263. The summed E-state index contributed by atoms with van der Waals surface area (Å²) in [7, 11) is 0. The second-order valence-electron chi connectivity index (χ2n) is 9.05. The Hall–Kier alpha value is -3.29. The zero-order valence-electron chi connectivity index (χ0n) is 20.5. The fourth-order valence-electron chi connectivity index (χ4n) is 4.23. The smallest absolute Gasteiger partial charge is 0.243 e. The van der Waals surface area contributed by atoms with Crippen molar-refractivity contribution in [3.05, 3.63) is 71.8 Å². The van der Waals surface area contributed by atoms with Crippen molar-refractivity contribution in [3.8, 4) is 12.4 Å². The summed E-state index contributed by atoms with van der Waals surface area (Å²) >= 11 is 1.88. The minimum Gasteiger partial charge on any atom is -0.273 e. The van der Waals surface area contributed by atoms with Gasteiger partial charge in [0.25, 0.3) is 0 Å². The van der Waals surface area contributed by atoms with Crippen LogP contribution in [0.3, 0.4) is 0 Å². The summed E-state index contributed by atoms with van der Waals surface area (Å²) < 4.78 is 0. The van der Waals surface area contributed by atoms with Crippen molar-refractivity contribution >= 4 is 23.6 Å². The number of thioether (sulfide) groups is 1. The number of carbonyl (C=O) groups excluding carboxylic acids is 2. The van der Waals surface area contributed by atoms with Gasteiger partial charge in [-0.25, -0.2) is 0 Å². The lowest BCUT2D eigenvalue weighted by molar-refractivity contribution is -0.126. The number of nitrogens with zero attached hydrogens (tertiary/aromatic N) is 2. The molecule has 2 rings (SSSR count). The molecule has 2 amide bonds.